The average Bonchev–Trinajstić information content (AvgIpc) is 3.11. The number of rotatable bonds is 1. The zero-order valence-electron chi connectivity index (χ0n) is 19.2. The van der Waals surface area contributed by atoms with E-state index in [0.29, 0.717) is 11.3 Å². The fourth-order valence-electron chi connectivity index (χ4n) is 3.29. The summed E-state index contributed by atoms with van der Waals surface area (Å²) in [6.45, 7) is -5.14. The minimum absolute atomic E-state index is 0.230. The quantitative estimate of drug-likeness (QED) is 0.296. The molecule has 2 aromatic heterocycles. The molecule has 2 heteroatoms. The van der Waals surface area contributed by atoms with Gasteiger partial charge in [0.15, 0.2) is 17.5 Å². The molecule has 5 aromatic rings. The van der Waals surface area contributed by atoms with Crippen molar-refractivity contribution in [3.63, 3.8) is 0 Å². The van der Waals surface area contributed by atoms with Gasteiger partial charge in [-0.3, -0.25) is 4.57 Å². The molecule has 0 amide bonds. The van der Waals surface area contributed by atoms with Gasteiger partial charge in [0.2, 0.25) is 0 Å². The third-order valence-electron chi connectivity index (χ3n) is 4.52. The van der Waals surface area contributed by atoms with Crippen molar-refractivity contribution in [3.05, 3.63) is 84.2 Å². The number of hydrogen-bond acceptors (Lipinski definition) is 1. The number of hydrogen-bond donors (Lipinski definition) is 0. The van der Waals surface area contributed by atoms with Crippen molar-refractivity contribution in [2.75, 3.05) is 0 Å². The Hall–Kier alpha value is -3.13. The molecule has 25 heavy (non-hydrogen) atoms. The number of fused-ring (bicyclic) bond motifs is 5. The lowest BCUT2D eigenvalue weighted by Crippen LogP contribution is -2.31. The second-order valence-corrected chi connectivity index (χ2v) is 6.02. The Morgan fingerprint density at radius 3 is 2.60 bits per heavy atom. The number of aryl methyl sites for hydroxylation is 2. The van der Waals surface area contributed by atoms with E-state index in [1.807, 2.05) is 48.5 Å². The first-order valence-corrected chi connectivity index (χ1v) is 7.96. The fraction of sp³-hybridized carbons (Fsp3) is 0.0870. The monoisotopic (exact) mass is 329 g/mol. The third kappa shape index (κ3) is 2.07. The molecule has 0 spiro atoms. The average molecular weight is 329 g/mol. The van der Waals surface area contributed by atoms with Crippen LogP contribution in [-0.4, -0.2) is 0 Å². The first kappa shape index (κ1) is 9.38. The Bertz CT molecular complexity index is 1460. The summed E-state index contributed by atoms with van der Waals surface area (Å²) < 4.78 is 54.3. The van der Waals surface area contributed by atoms with Crippen molar-refractivity contribution >= 4 is 32.7 Å². The third-order valence-corrected chi connectivity index (χ3v) is 4.52. The van der Waals surface area contributed by atoms with Gasteiger partial charge in [-0.2, -0.15) is 0 Å². The summed E-state index contributed by atoms with van der Waals surface area (Å²) in [5.74, 6) is 0. The zero-order valence-corrected chi connectivity index (χ0v) is 13.2. The maximum Gasteiger partial charge on any atom is 0.175 e. The normalized spacial score (nSPS) is 16.2. The number of nitrogens with zero attached hydrogens (tertiary/aromatic N) is 1. The Morgan fingerprint density at radius 1 is 0.840 bits per heavy atom. The van der Waals surface area contributed by atoms with E-state index < -0.39 is 13.7 Å². The maximum absolute atomic E-state index is 7.83. The summed E-state index contributed by atoms with van der Waals surface area (Å²) in [7, 11) is 0. The van der Waals surface area contributed by atoms with Crippen molar-refractivity contribution in [1.82, 2.24) is 0 Å². The molecule has 0 aliphatic carbocycles. The van der Waals surface area contributed by atoms with Gasteiger partial charge >= 0.3 is 0 Å². The molecule has 0 aliphatic rings. The molecular weight excluding hydrogens is 306 g/mol. The van der Waals surface area contributed by atoms with Gasteiger partial charge < -0.3 is 4.42 Å². The van der Waals surface area contributed by atoms with Crippen molar-refractivity contribution in [2.24, 2.45) is 0 Å². The lowest BCUT2D eigenvalue weighted by Gasteiger charge is -2.07. The highest BCUT2D eigenvalue weighted by Crippen LogP contribution is 2.35. The highest BCUT2D eigenvalue weighted by Gasteiger charge is 2.15. The van der Waals surface area contributed by atoms with E-state index in [2.05, 4.69) is 6.20 Å². The summed E-state index contributed by atoms with van der Waals surface area (Å²) >= 11 is 0. The van der Waals surface area contributed by atoms with E-state index >= 15 is 0 Å². The van der Waals surface area contributed by atoms with Gasteiger partial charge in [0.25, 0.3) is 0 Å². The van der Waals surface area contributed by atoms with E-state index in [4.69, 9.17) is 12.6 Å². The van der Waals surface area contributed by atoms with Crippen LogP contribution in [0, 0.1) is 19.9 Å². The van der Waals surface area contributed by atoms with E-state index in [1.54, 1.807) is 6.07 Å². The zero-order chi connectivity index (χ0) is 22.0. The Morgan fingerprint density at radius 2 is 1.68 bits per heavy atom. The predicted molar refractivity (Wildman–Crippen MR) is 101 cm³/mol. The van der Waals surface area contributed by atoms with Crippen molar-refractivity contribution in [2.45, 2.75) is 13.7 Å². The Balaban J connectivity index is 1.80. The number of pyridine rings is 1. The number of benzene rings is 3. The van der Waals surface area contributed by atoms with Crippen LogP contribution in [0.5, 0.6) is 0 Å². The molecule has 0 radical (unpaired) electrons. The van der Waals surface area contributed by atoms with E-state index in [9.17, 15) is 0 Å². The molecule has 2 heterocycles. The molecule has 0 N–H and O–H groups in total. The minimum atomic E-state index is -2.58. The molecule has 0 saturated heterocycles. The van der Waals surface area contributed by atoms with Crippen LogP contribution in [0.3, 0.4) is 0 Å². The minimum Gasteiger partial charge on any atom is -0.458 e. The van der Waals surface area contributed by atoms with Crippen LogP contribution in [0.25, 0.3) is 38.4 Å². The molecule has 0 bridgehead atoms. The number of para-hydroxylation sites is 1. The molecule has 120 valence electrons. The smallest absolute Gasteiger partial charge is 0.175 e. The predicted octanol–water partition coefficient (Wildman–Crippen LogP) is 5.43. The lowest BCUT2D eigenvalue weighted by molar-refractivity contribution is -0.599. The summed E-state index contributed by atoms with van der Waals surface area (Å²) in [6, 6.07) is 18.8. The van der Waals surface area contributed by atoms with Crippen LogP contribution in [0.15, 0.2) is 71.3 Å². The molecular formula is C23H17NO. The van der Waals surface area contributed by atoms with E-state index in [1.165, 1.54) is 16.8 Å². The molecule has 0 saturated carbocycles. The van der Waals surface area contributed by atoms with E-state index in [-0.39, 0.29) is 11.1 Å². The Labute approximate surface area is 154 Å². The van der Waals surface area contributed by atoms with Crippen LogP contribution in [0.2, 0.25) is 0 Å². The number of furan rings is 1. The van der Waals surface area contributed by atoms with Gasteiger partial charge in [0.1, 0.15) is 5.58 Å². The first-order chi connectivity index (χ1) is 14.6. The van der Waals surface area contributed by atoms with Crippen LogP contribution in [-0.2, 0) is 0 Å². The SMILES string of the molecule is [2H]C([2H])([2H])c1c[c-][n+](-c2cccc3c2oc2c4ccccc4ccc32)cc1C([2H])([2H])[2H]. The molecule has 5 rings (SSSR count). The van der Waals surface area contributed by atoms with Crippen LogP contribution < -0.4 is 4.57 Å². The fourth-order valence-corrected chi connectivity index (χ4v) is 3.29. The Kier molecular flexibility index (Phi) is 1.94. The van der Waals surface area contributed by atoms with Gasteiger partial charge in [-0.1, -0.05) is 67.8 Å². The molecule has 0 unspecified atom stereocenters. The van der Waals surface area contributed by atoms with Crippen LogP contribution in [0.4, 0.5) is 0 Å². The highest BCUT2D eigenvalue weighted by molar-refractivity contribution is 6.15. The van der Waals surface area contributed by atoms with Gasteiger partial charge in [-0.05, 0) is 17.5 Å². The standard InChI is InChI=1S/C23H17NO/c1-15-12-13-24(14-16(15)2)21-9-5-8-19-20-11-10-17-6-3-4-7-18(17)22(20)25-23(19)21/h3-12,14H,1-2H3/i1D3,2D3. The largest absolute Gasteiger partial charge is 0.458 e. The van der Waals surface area contributed by atoms with Crippen molar-refractivity contribution in [1.29, 1.82) is 0 Å². The molecule has 0 aliphatic heterocycles. The van der Waals surface area contributed by atoms with Crippen molar-refractivity contribution in [3.8, 4) is 5.69 Å². The van der Waals surface area contributed by atoms with E-state index in [0.717, 1.165) is 27.1 Å². The second-order valence-electron chi connectivity index (χ2n) is 6.02. The highest BCUT2D eigenvalue weighted by atomic mass is 16.3. The molecule has 3 aromatic carbocycles. The van der Waals surface area contributed by atoms with Crippen LogP contribution >= 0.6 is 0 Å². The van der Waals surface area contributed by atoms with Crippen LogP contribution in [0.1, 0.15) is 19.4 Å². The topological polar surface area (TPSA) is 17.0 Å². The second kappa shape index (κ2) is 5.18. The number of aromatic nitrogens is 1. The molecule has 2 nitrogen and oxygen atoms in total. The molecule has 0 atom stereocenters. The maximum atomic E-state index is 7.83. The van der Waals surface area contributed by atoms with Gasteiger partial charge in [0.05, 0.1) is 6.20 Å². The summed E-state index contributed by atoms with van der Waals surface area (Å²) in [5.41, 5.74) is 1.45. The molecule has 0 fully saturated rings. The summed E-state index contributed by atoms with van der Waals surface area (Å²) in [6.07, 6.45) is 4.21. The summed E-state index contributed by atoms with van der Waals surface area (Å²) in [5, 5.41) is 3.87. The summed E-state index contributed by atoms with van der Waals surface area (Å²) in [4.78, 5) is 0. The van der Waals surface area contributed by atoms with Gasteiger partial charge in [-0.15, -0.1) is 5.56 Å². The van der Waals surface area contributed by atoms with Crippen molar-refractivity contribution < 1.29 is 17.2 Å². The lowest BCUT2D eigenvalue weighted by atomic mass is 10.1. The van der Waals surface area contributed by atoms with Gasteiger partial charge in [-0.25, -0.2) is 0 Å². The first-order valence-electron chi connectivity index (χ1n) is 11.0. The van der Waals surface area contributed by atoms with Gasteiger partial charge in [0, 0.05) is 24.4 Å².